The summed E-state index contributed by atoms with van der Waals surface area (Å²) in [4.78, 5) is 23.3. The number of amides is 2. The zero-order chi connectivity index (χ0) is 31.9. The second-order valence-electron chi connectivity index (χ2n) is 12.9. The first kappa shape index (κ1) is 32.2. The Bertz CT molecular complexity index is 1470. The molecule has 236 valence electrons. The Kier molecular flexibility index (Phi) is 9.00. The van der Waals surface area contributed by atoms with Crippen molar-refractivity contribution in [3.05, 3.63) is 93.0 Å². The molecule has 8 nitrogen and oxygen atoms in total. The molecule has 0 saturated carbocycles. The van der Waals surface area contributed by atoms with Crippen LogP contribution in [-0.2, 0) is 20.6 Å². The molecule has 0 bridgehead atoms. The minimum absolute atomic E-state index is 0.191. The Balaban J connectivity index is 1.74. The highest BCUT2D eigenvalue weighted by Crippen LogP contribution is 2.50. The van der Waals surface area contributed by atoms with Crippen LogP contribution >= 0.6 is 23.2 Å². The van der Waals surface area contributed by atoms with Crippen molar-refractivity contribution in [1.29, 1.82) is 0 Å². The van der Waals surface area contributed by atoms with Crippen LogP contribution in [0.2, 0.25) is 10.0 Å². The van der Waals surface area contributed by atoms with Crippen LogP contribution in [0.5, 0.6) is 0 Å². The third-order valence-electron chi connectivity index (χ3n) is 8.94. The fraction of sp³-hybridized carbons (Fsp3) is 0.471. The van der Waals surface area contributed by atoms with Crippen molar-refractivity contribution in [2.45, 2.75) is 71.6 Å². The first-order valence-electron chi connectivity index (χ1n) is 15.1. The lowest BCUT2D eigenvalue weighted by atomic mass is 9.71. The molecule has 3 heterocycles. The predicted molar refractivity (Wildman–Crippen MR) is 174 cm³/mol. The highest BCUT2D eigenvalue weighted by molar-refractivity contribution is 6.30. The number of ether oxygens (including phenoxy) is 2. The molecule has 2 atom stereocenters. The molecule has 2 fully saturated rings. The molecule has 2 amide bonds. The molecule has 2 saturated heterocycles. The fourth-order valence-electron chi connectivity index (χ4n) is 6.11. The summed E-state index contributed by atoms with van der Waals surface area (Å²) < 4.78 is 12.3. The molecule has 2 aromatic carbocycles. The Morgan fingerprint density at radius 2 is 1.61 bits per heavy atom. The van der Waals surface area contributed by atoms with Crippen molar-refractivity contribution in [3.63, 3.8) is 0 Å². The van der Waals surface area contributed by atoms with Gasteiger partial charge in [-0.15, -0.1) is 0 Å². The number of urea groups is 1. The number of nitrogens with zero attached hydrogens (tertiary/aromatic N) is 3. The third kappa shape index (κ3) is 5.92. The highest BCUT2D eigenvalue weighted by atomic mass is 35.5. The van der Waals surface area contributed by atoms with Gasteiger partial charge in [-0.25, -0.2) is 9.79 Å². The van der Waals surface area contributed by atoms with Crippen molar-refractivity contribution >= 4 is 35.2 Å². The number of benzene rings is 2. The smallest absolute Gasteiger partial charge is 0.327 e. The largest absolute Gasteiger partial charge is 0.492 e. The number of likely N-dealkylation sites (tertiary alicyclic amines) is 1. The third-order valence-corrected chi connectivity index (χ3v) is 9.44. The topological polar surface area (TPSA) is 86.6 Å². The number of carbonyl (C=O) groups is 1. The number of piperidine rings is 1. The molecule has 0 aromatic heterocycles. The number of aliphatic imine (C=N–C) groups is 1. The molecule has 0 aliphatic carbocycles. The van der Waals surface area contributed by atoms with Gasteiger partial charge in [-0.3, -0.25) is 4.90 Å². The molecule has 2 unspecified atom stereocenters. The number of hydrogen-bond donors (Lipinski definition) is 2. The molecule has 3 aliphatic rings. The van der Waals surface area contributed by atoms with E-state index in [0.717, 1.165) is 16.9 Å². The number of hydrogen-bond acceptors (Lipinski definition) is 5. The number of rotatable bonds is 5. The lowest BCUT2D eigenvalue weighted by Crippen LogP contribution is -2.58. The normalized spacial score (nSPS) is 25.6. The standard InChI is InChI=1S/C34H42Cl2N4O4/c1-7-43-28-20-29(32(2,3)4)44-21-27(28)37-30-38-33(5,22-8-12-24(35)13-9-22)34(6,23-10-14-25(36)15-11-23)40(30)31(42)39-18-16-26(41)17-19-39/h8-15,20,26,41H,7,16-19,21H2,1-6H3,(H,37,38). The molecule has 3 aliphatic heterocycles. The summed E-state index contributed by atoms with van der Waals surface area (Å²) in [6, 6.07) is 15.0. The molecule has 0 radical (unpaired) electrons. The van der Waals surface area contributed by atoms with Crippen LogP contribution in [-0.4, -0.2) is 59.3 Å². The van der Waals surface area contributed by atoms with E-state index in [1.165, 1.54) is 0 Å². The van der Waals surface area contributed by atoms with E-state index < -0.39 is 17.2 Å². The van der Waals surface area contributed by atoms with Crippen LogP contribution in [0.15, 0.2) is 76.8 Å². The van der Waals surface area contributed by atoms with Crippen molar-refractivity contribution in [2.75, 3.05) is 26.3 Å². The van der Waals surface area contributed by atoms with Gasteiger partial charge in [-0.1, -0.05) is 68.2 Å². The maximum atomic E-state index is 14.7. The minimum Gasteiger partial charge on any atom is -0.492 e. The number of nitrogens with one attached hydrogen (secondary N) is 1. The van der Waals surface area contributed by atoms with E-state index >= 15 is 0 Å². The molecule has 2 aromatic rings. The summed E-state index contributed by atoms with van der Waals surface area (Å²) in [5.41, 5.74) is 0.317. The van der Waals surface area contributed by atoms with Gasteiger partial charge in [0.1, 0.15) is 29.4 Å². The van der Waals surface area contributed by atoms with Crippen LogP contribution in [0, 0.1) is 5.41 Å². The van der Waals surface area contributed by atoms with E-state index in [0.29, 0.717) is 60.0 Å². The predicted octanol–water partition coefficient (Wildman–Crippen LogP) is 7.17. The molecular weight excluding hydrogens is 599 g/mol. The summed E-state index contributed by atoms with van der Waals surface area (Å²) in [5.74, 6) is 1.79. The van der Waals surface area contributed by atoms with Gasteiger partial charge in [-0.2, -0.15) is 0 Å². The van der Waals surface area contributed by atoms with E-state index in [9.17, 15) is 9.90 Å². The fourth-order valence-corrected chi connectivity index (χ4v) is 6.37. The molecule has 44 heavy (non-hydrogen) atoms. The van der Waals surface area contributed by atoms with Crippen LogP contribution in [0.1, 0.15) is 65.5 Å². The Labute approximate surface area is 270 Å². The van der Waals surface area contributed by atoms with Gasteiger partial charge in [0.25, 0.3) is 0 Å². The van der Waals surface area contributed by atoms with Crippen molar-refractivity contribution in [1.82, 2.24) is 15.1 Å². The van der Waals surface area contributed by atoms with Crippen LogP contribution < -0.4 is 5.32 Å². The number of guanidine groups is 1. The van der Waals surface area contributed by atoms with Gasteiger partial charge in [0, 0.05) is 34.6 Å². The first-order chi connectivity index (χ1) is 20.8. The zero-order valence-corrected chi connectivity index (χ0v) is 27.8. The van der Waals surface area contributed by atoms with Crippen molar-refractivity contribution in [2.24, 2.45) is 10.4 Å². The molecule has 2 N–H and O–H groups in total. The van der Waals surface area contributed by atoms with Gasteiger partial charge in [0.05, 0.1) is 18.2 Å². The number of aliphatic hydroxyl groups excluding tert-OH is 1. The lowest BCUT2D eigenvalue weighted by Gasteiger charge is -2.46. The van der Waals surface area contributed by atoms with Gasteiger partial charge >= 0.3 is 6.03 Å². The van der Waals surface area contributed by atoms with E-state index in [4.69, 9.17) is 37.7 Å². The summed E-state index contributed by atoms with van der Waals surface area (Å²) in [7, 11) is 0. The van der Waals surface area contributed by atoms with Gasteiger partial charge in [0.15, 0.2) is 0 Å². The van der Waals surface area contributed by atoms with Crippen molar-refractivity contribution in [3.8, 4) is 0 Å². The highest BCUT2D eigenvalue weighted by Gasteiger charge is 2.61. The Hall–Kier alpha value is -3.20. The lowest BCUT2D eigenvalue weighted by molar-refractivity contribution is 0.0698. The van der Waals surface area contributed by atoms with E-state index in [-0.39, 0.29) is 18.1 Å². The van der Waals surface area contributed by atoms with Crippen LogP contribution in [0.3, 0.4) is 0 Å². The van der Waals surface area contributed by atoms with Crippen molar-refractivity contribution < 1.29 is 19.4 Å². The molecule has 5 rings (SSSR count). The van der Waals surface area contributed by atoms with E-state index in [2.05, 4.69) is 33.0 Å². The molecule has 10 heteroatoms. The minimum atomic E-state index is -0.980. The molecule has 0 spiro atoms. The number of allylic oxidation sites excluding steroid dienone is 2. The average molecular weight is 642 g/mol. The SMILES string of the molecule is CCOC1=C(N=C2NC(C)(c3ccc(Cl)cc3)C(C)(c3ccc(Cl)cc3)N2C(=O)N2CCC(O)CC2)COC(C(C)(C)C)=C1. The van der Waals surface area contributed by atoms with Gasteiger partial charge in [0.2, 0.25) is 5.96 Å². The Morgan fingerprint density at radius 1 is 1.05 bits per heavy atom. The summed E-state index contributed by atoms with van der Waals surface area (Å²) >= 11 is 12.7. The van der Waals surface area contributed by atoms with E-state index in [1.807, 2.05) is 68.5 Å². The first-order valence-corrected chi connectivity index (χ1v) is 15.9. The Morgan fingerprint density at radius 3 is 2.16 bits per heavy atom. The van der Waals surface area contributed by atoms with Gasteiger partial charge < -0.3 is 24.8 Å². The zero-order valence-electron chi connectivity index (χ0n) is 26.3. The molecular formula is C34H42Cl2N4O4. The maximum absolute atomic E-state index is 14.7. The average Bonchev–Trinajstić information content (AvgIpc) is 3.21. The van der Waals surface area contributed by atoms with Crippen LogP contribution in [0.25, 0.3) is 0 Å². The monoisotopic (exact) mass is 640 g/mol. The second-order valence-corrected chi connectivity index (χ2v) is 13.8. The number of aliphatic hydroxyl groups is 1. The second kappa shape index (κ2) is 12.3. The van der Waals surface area contributed by atoms with Gasteiger partial charge in [-0.05, 0) is 69.0 Å². The summed E-state index contributed by atoms with van der Waals surface area (Å²) in [5, 5.41) is 15.1. The number of carbonyl (C=O) groups excluding carboxylic acids is 1. The number of halogens is 2. The summed E-state index contributed by atoms with van der Waals surface area (Å²) in [6.45, 7) is 13.8. The van der Waals surface area contributed by atoms with E-state index in [1.54, 1.807) is 9.80 Å². The summed E-state index contributed by atoms with van der Waals surface area (Å²) in [6.07, 6.45) is 2.50. The maximum Gasteiger partial charge on any atom is 0.327 e. The quantitative estimate of drug-likeness (QED) is 0.362. The van der Waals surface area contributed by atoms with Crippen LogP contribution in [0.4, 0.5) is 4.79 Å².